The van der Waals surface area contributed by atoms with Gasteiger partial charge in [0.15, 0.2) is 0 Å². The van der Waals surface area contributed by atoms with Crippen LogP contribution in [0.4, 0.5) is 5.69 Å². The van der Waals surface area contributed by atoms with Gasteiger partial charge >= 0.3 is 0 Å². The summed E-state index contributed by atoms with van der Waals surface area (Å²) in [5.41, 5.74) is 8.92. The quantitative estimate of drug-likeness (QED) is 0.878. The Bertz CT molecular complexity index is 571. The minimum absolute atomic E-state index is 0.130. The summed E-state index contributed by atoms with van der Waals surface area (Å²) in [5.74, 6) is -0.130. The molecular formula is C16H16N2O. The van der Waals surface area contributed by atoms with E-state index in [4.69, 9.17) is 5.73 Å². The van der Waals surface area contributed by atoms with Gasteiger partial charge in [-0.3, -0.25) is 4.79 Å². The highest BCUT2D eigenvalue weighted by Gasteiger charge is 2.05. The molecule has 0 unspecified atom stereocenters. The van der Waals surface area contributed by atoms with Crippen molar-refractivity contribution in [3.8, 4) is 0 Å². The van der Waals surface area contributed by atoms with Gasteiger partial charge in [0.05, 0.1) is 0 Å². The molecular weight excluding hydrogens is 236 g/mol. The van der Waals surface area contributed by atoms with Crippen molar-refractivity contribution < 1.29 is 4.79 Å². The second kappa shape index (κ2) is 5.98. The molecule has 2 aromatic carbocycles. The van der Waals surface area contributed by atoms with E-state index in [1.54, 1.807) is 18.2 Å². The number of hydrogen-bond donors (Lipinski definition) is 2. The highest BCUT2D eigenvalue weighted by atomic mass is 16.1. The normalized spacial score (nSPS) is 9.95. The Morgan fingerprint density at radius 2 is 1.74 bits per heavy atom. The standard InChI is InChI=1S/C16H16N2O/c1-2-12-5-9-15(10-6-12)18-16(19)14-7-3-13(11-17)4-8-14/h2-10H,1,11,17H2,(H,18,19). The van der Waals surface area contributed by atoms with Gasteiger partial charge in [0.2, 0.25) is 0 Å². The lowest BCUT2D eigenvalue weighted by molar-refractivity contribution is 0.102. The molecule has 0 fully saturated rings. The highest BCUT2D eigenvalue weighted by Crippen LogP contribution is 2.12. The van der Waals surface area contributed by atoms with Crippen LogP contribution in [-0.4, -0.2) is 5.91 Å². The number of amides is 1. The zero-order valence-electron chi connectivity index (χ0n) is 10.6. The number of nitrogens with two attached hydrogens (primary N) is 1. The Kier molecular flexibility index (Phi) is 4.11. The summed E-state index contributed by atoms with van der Waals surface area (Å²) in [6.45, 7) is 4.16. The molecule has 0 aliphatic rings. The minimum Gasteiger partial charge on any atom is -0.326 e. The first-order chi connectivity index (χ1) is 9.22. The van der Waals surface area contributed by atoms with Gasteiger partial charge in [0, 0.05) is 17.8 Å². The third-order valence-corrected chi connectivity index (χ3v) is 2.86. The first-order valence-corrected chi connectivity index (χ1v) is 6.06. The van der Waals surface area contributed by atoms with Crippen LogP contribution < -0.4 is 11.1 Å². The van der Waals surface area contributed by atoms with E-state index in [1.807, 2.05) is 36.4 Å². The van der Waals surface area contributed by atoms with Crippen molar-refractivity contribution in [1.82, 2.24) is 0 Å². The fourth-order valence-corrected chi connectivity index (χ4v) is 1.70. The van der Waals surface area contributed by atoms with E-state index in [9.17, 15) is 4.79 Å². The van der Waals surface area contributed by atoms with Gasteiger partial charge in [-0.25, -0.2) is 0 Å². The van der Waals surface area contributed by atoms with Crippen LogP contribution in [0.15, 0.2) is 55.1 Å². The van der Waals surface area contributed by atoms with Gasteiger partial charge in [0.25, 0.3) is 5.91 Å². The number of hydrogen-bond acceptors (Lipinski definition) is 2. The first-order valence-electron chi connectivity index (χ1n) is 6.06. The molecule has 3 nitrogen and oxygen atoms in total. The fraction of sp³-hybridized carbons (Fsp3) is 0.0625. The van der Waals surface area contributed by atoms with Crippen molar-refractivity contribution in [3.05, 3.63) is 71.8 Å². The van der Waals surface area contributed by atoms with Crippen molar-refractivity contribution >= 4 is 17.7 Å². The maximum absolute atomic E-state index is 12.0. The molecule has 0 aliphatic heterocycles. The number of benzene rings is 2. The summed E-state index contributed by atoms with van der Waals surface area (Å²) in [6.07, 6.45) is 1.76. The lowest BCUT2D eigenvalue weighted by atomic mass is 10.1. The summed E-state index contributed by atoms with van der Waals surface area (Å²) >= 11 is 0. The van der Waals surface area contributed by atoms with E-state index in [-0.39, 0.29) is 5.91 Å². The Morgan fingerprint density at radius 3 is 2.26 bits per heavy atom. The predicted octanol–water partition coefficient (Wildman–Crippen LogP) is 3.04. The average molecular weight is 252 g/mol. The maximum Gasteiger partial charge on any atom is 0.255 e. The van der Waals surface area contributed by atoms with Crippen LogP contribution in [0.1, 0.15) is 21.5 Å². The van der Waals surface area contributed by atoms with Gasteiger partial charge in [-0.2, -0.15) is 0 Å². The molecule has 19 heavy (non-hydrogen) atoms. The third-order valence-electron chi connectivity index (χ3n) is 2.86. The van der Waals surface area contributed by atoms with Crippen LogP contribution in [0.5, 0.6) is 0 Å². The van der Waals surface area contributed by atoms with Crippen LogP contribution in [0.3, 0.4) is 0 Å². The van der Waals surface area contributed by atoms with E-state index in [0.717, 1.165) is 16.8 Å². The molecule has 0 atom stereocenters. The number of carbonyl (C=O) groups excluding carboxylic acids is 1. The SMILES string of the molecule is C=Cc1ccc(NC(=O)c2ccc(CN)cc2)cc1. The molecule has 0 aromatic heterocycles. The summed E-state index contributed by atoms with van der Waals surface area (Å²) in [6, 6.07) is 14.8. The van der Waals surface area contributed by atoms with Crippen molar-refractivity contribution in [3.63, 3.8) is 0 Å². The molecule has 0 bridgehead atoms. The van der Waals surface area contributed by atoms with Crippen LogP contribution >= 0.6 is 0 Å². The second-order valence-corrected chi connectivity index (χ2v) is 4.18. The summed E-state index contributed by atoms with van der Waals surface area (Å²) in [5, 5.41) is 2.84. The van der Waals surface area contributed by atoms with Crippen LogP contribution in [0, 0.1) is 0 Å². The summed E-state index contributed by atoms with van der Waals surface area (Å²) < 4.78 is 0. The van der Waals surface area contributed by atoms with E-state index >= 15 is 0 Å². The minimum atomic E-state index is -0.130. The molecule has 2 rings (SSSR count). The molecule has 0 saturated carbocycles. The third kappa shape index (κ3) is 3.30. The average Bonchev–Trinajstić information content (AvgIpc) is 2.48. The molecule has 0 heterocycles. The fourth-order valence-electron chi connectivity index (χ4n) is 1.70. The van der Waals surface area contributed by atoms with Gasteiger partial charge < -0.3 is 11.1 Å². The molecule has 96 valence electrons. The number of rotatable bonds is 4. The molecule has 0 radical (unpaired) electrons. The van der Waals surface area contributed by atoms with Crippen molar-refractivity contribution in [2.45, 2.75) is 6.54 Å². The van der Waals surface area contributed by atoms with Gasteiger partial charge in [-0.1, -0.05) is 36.9 Å². The number of anilines is 1. The van der Waals surface area contributed by atoms with Crippen LogP contribution in [0.25, 0.3) is 6.08 Å². The highest BCUT2D eigenvalue weighted by molar-refractivity contribution is 6.04. The molecule has 3 heteroatoms. The van der Waals surface area contributed by atoms with Gasteiger partial charge in [-0.15, -0.1) is 0 Å². The molecule has 2 aromatic rings. The summed E-state index contributed by atoms with van der Waals surface area (Å²) in [7, 11) is 0. The van der Waals surface area contributed by atoms with E-state index in [0.29, 0.717) is 12.1 Å². The zero-order valence-corrected chi connectivity index (χ0v) is 10.6. The Morgan fingerprint density at radius 1 is 1.11 bits per heavy atom. The van der Waals surface area contributed by atoms with E-state index in [1.165, 1.54) is 0 Å². The monoisotopic (exact) mass is 252 g/mol. The van der Waals surface area contributed by atoms with Crippen LogP contribution in [-0.2, 0) is 6.54 Å². The second-order valence-electron chi connectivity index (χ2n) is 4.18. The van der Waals surface area contributed by atoms with Gasteiger partial charge in [-0.05, 0) is 35.4 Å². The lowest BCUT2D eigenvalue weighted by Crippen LogP contribution is -2.11. The van der Waals surface area contributed by atoms with E-state index < -0.39 is 0 Å². The molecule has 0 aliphatic carbocycles. The largest absolute Gasteiger partial charge is 0.326 e. The maximum atomic E-state index is 12.0. The first kappa shape index (κ1) is 13.1. The summed E-state index contributed by atoms with van der Waals surface area (Å²) in [4.78, 5) is 12.0. The topological polar surface area (TPSA) is 55.1 Å². The van der Waals surface area contributed by atoms with Crippen molar-refractivity contribution in [2.24, 2.45) is 5.73 Å². The Labute approximate surface area is 112 Å². The predicted molar refractivity (Wildman–Crippen MR) is 78.8 cm³/mol. The molecule has 0 saturated heterocycles. The zero-order chi connectivity index (χ0) is 13.7. The lowest BCUT2D eigenvalue weighted by Gasteiger charge is -2.06. The molecule has 1 amide bonds. The van der Waals surface area contributed by atoms with E-state index in [2.05, 4.69) is 11.9 Å². The van der Waals surface area contributed by atoms with Crippen molar-refractivity contribution in [2.75, 3.05) is 5.32 Å². The smallest absolute Gasteiger partial charge is 0.255 e. The molecule has 0 spiro atoms. The Hall–Kier alpha value is -2.39. The van der Waals surface area contributed by atoms with Gasteiger partial charge in [0.1, 0.15) is 0 Å². The Balaban J connectivity index is 2.08. The van der Waals surface area contributed by atoms with Crippen LogP contribution in [0.2, 0.25) is 0 Å². The number of nitrogens with one attached hydrogen (secondary N) is 1. The molecule has 3 N–H and O–H groups in total. The van der Waals surface area contributed by atoms with Crippen molar-refractivity contribution in [1.29, 1.82) is 0 Å². The number of carbonyl (C=O) groups is 1.